The standard InChI is InChI=1S/C28H24N2O6/c1-2-34-25-18-20(15-16-23(25)36-26(31)24-14-9-17-35-24)19-29-30-27(32)28(33,21-10-5-3-6-11-21)22-12-7-4-8-13-22/h3-19,33H,2H2,1H3,(H,30,32)/b29-19-. The number of carbonyl (C=O) groups is 2. The van der Waals surface area contributed by atoms with E-state index in [1.54, 1.807) is 91.9 Å². The predicted molar refractivity (Wildman–Crippen MR) is 133 cm³/mol. The topological polar surface area (TPSA) is 110 Å². The number of benzene rings is 3. The van der Waals surface area contributed by atoms with Crippen molar-refractivity contribution in [2.45, 2.75) is 12.5 Å². The molecule has 0 saturated heterocycles. The van der Waals surface area contributed by atoms with Crippen molar-refractivity contribution in [1.29, 1.82) is 0 Å². The van der Waals surface area contributed by atoms with E-state index in [-0.39, 0.29) is 11.5 Å². The maximum Gasteiger partial charge on any atom is 0.379 e. The fraction of sp³-hybridized carbons (Fsp3) is 0.107. The summed E-state index contributed by atoms with van der Waals surface area (Å²) in [4.78, 5) is 25.4. The van der Waals surface area contributed by atoms with Gasteiger partial charge in [-0.25, -0.2) is 10.2 Å². The highest BCUT2D eigenvalue weighted by Crippen LogP contribution is 2.30. The van der Waals surface area contributed by atoms with Crippen LogP contribution in [0, 0.1) is 0 Å². The zero-order valence-corrected chi connectivity index (χ0v) is 19.5. The first kappa shape index (κ1) is 24.4. The number of carbonyl (C=O) groups excluding carboxylic acids is 2. The van der Waals surface area contributed by atoms with Crippen molar-refractivity contribution < 1.29 is 28.6 Å². The largest absolute Gasteiger partial charge is 0.490 e. The smallest absolute Gasteiger partial charge is 0.379 e. The highest BCUT2D eigenvalue weighted by atomic mass is 16.6. The van der Waals surface area contributed by atoms with Crippen molar-refractivity contribution in [3.8, 4) is 11.5 Å². The van der Waals surface area contributed by atoms with Crippen LogP contribution < -0.4 is 14.9 Å². The molecule has 8 heteroatoms. The van der Waals surface area contributed by atoms with Crippen molar-refractivity contribution >= 4 is 18.1 Å². The normalized spacial score (nSPS) is 11.3. The minimum Gasteiger partial charge on any atom is -0.490 e. The maximum atomic E-state index is 13.1. The van der Waals surface area contributed by atoms with Gasteiger partial charge in [-0.2, -0.15) is 5.10 Å². The predicted octanol–water partition coefficient (Wildman–Crippen LogP) is 4.28. The molecular weight excluding hydrogens is 460 g/mol. The minimum absolute atomic E-state index is 0.0649. The molecule has 0 unspecified atom stereocenters. The van der Waals surface area contributed by atoms with Gasteiger partial charge in [-0.3, -0.25) is 4.79 Å². The Morgan fingerprint density at radius 2 is 1.61 bits per heavy atom. The molecule has 1 amide bonds. The van der Waals surface area contributed by atoms with Gasteiger partial charge in [0.25, 0.3) is 5.91 Å². The number of esters is 1. The zero-order valence-electron chi connectivity index (χ0n) is 19.5. The molecule has 0 radical (unpaired) electrons. The molecule has 4 rings (SSSR count). The van der Waals surface area contributed by atoms with E-state index in [4.69, 9.17) is 13.9 Å². The molecule has 3 aromatic carbocycles. The summed E-state index contributed by atoms with van der Waals surface area (Å²) in [5.74, 6) is -0.782. The quantitative estimate of drug-likeness (QED) is 0.159. The first-order chi connectivity index (χ1) is 17.5. The molecule has 8 nitrogen and oxygen atoms in total. The van der Waals surface area contributed by atoms with Crippen LogP contribution in [-0.2, 0) is 10.4 Å². The molecule has 0 aliphatic carbocycles. The highest BCUT2D eigenvalue weighted by Gasteiger charge is 2.39. The third-order valence-corrected chi connectivity index (χ3v) is 5.28. The number of rotatable bonds is 9. The summed E-state index contributed by atoms with van der Waals surface area (Å²) in [7, 11) is 0. The van der Waals surface area contributed by atoms with Gasteiger partial charge in [-0.1, -0.05) is 60.7 Å². The molecule has 0 aliphatic heterocycles. The second-order valence-corrected chi connectivity index (χ2v) is 7.65. The molecule has 2 N–H and O–H groups in total. The van der Waals surface area contributed by atoms with Crippen molar-refractivity contribution in [3.05, 3.63) is 120 Å². The van der Waals surface area contributed by atoms with Gasteiger partial charge in [0.1, 0.15) is 0 Å². The number of hydrogen-bond acceptors (Lipinski definition) is 7. The van der Waals surface area contributed by atoms with Crippen molar-refractivity contribution in [1.82, 2.24) is 5.43 Å². The van der Waals surface area contributed by atoms with Crippen LogP contribution in [0.5, 0.6) is 11.5 Å². The molecule has 1 aromatic heterocycles. The summed E-state index contributed by atoms with van der Waals surface area (Å²) < 4.78 is 16.0. The number of hydrogen-bond donors (Lipinski definition) is 2. The van der Waals surface area contributed by atoms with Gasteiger partial charge in [0.15, 0.2) is 17.1 Å². The summed E-state index contributed by atoms with van der Waals surface area (Å²) in [6.07, 6.45) is 2.78. The molecule has 0 saturated carbocycles. The van der Waals surface area contributed by atoms with Gasteiger partial charge in [0, 0.05) is 0 Å². The number of nitrogens with one attached hydrogen (secondary N) is 1. The van der Waals surface area contributed by atoms with E-state index in [0.717, 1.165) is 0 Å². The van der Waals surface area contributed by atoms with E-state index in [1.165, 1.54) is 18.5 Å². The first-order valence-corrected chi connectivity index (χ1v) is 11.2. The highest BCUT2D eigenvalue weighted by molar-refractivity contribution is 5.91. The van der Waals surface area contributed by atoms with Gasteiger partial charge in [-0.15, -0.1) is 0 Å². The summed E-state index contributed by atoms with van der Waals surface area (Å²) in [6.45, 7) is 2.14. The minimum atomic E-state index is -1.94. The number of furan rings is 1. The number of nitrogens with zero attached hydrogens (tertiary/aromatic N) is 1. The van der Waals surface area contributed by atoms with Crippen LogP contribution in [-0.4, -0.2) is 29.8 Å². The molecular formula is C28H24N2O6. The van der Waals surface area contributed by atoms with Crippen LogP contribution in [0.1, 0.15) is 34.2 Å². The molecule has 0 fully saturated rings. The van der Waals surface area contributed by atoms with Crippen molar-refractivity contribution in [2.24, 2.45) is 5.10 Å². The lowest BCUT2D eigenvalue weighted by Crippen LogP contribution is -2.43. The molecule has 0 atom stereocenters. The Bertz CT molecular complexity index is 1300. The van der Waals surface area contributed by atoms with Gasteiger partial charge in [0.05, 0.1) is 19.1 Å². The van der Waals surface area contributed by atoms with Crippen LogP contribution >= 0.6 is 0 Å². The molecule has 0 aliphatic rings. The molecule has 0 bridgehead atoms. The Morgan fingerprint density at radius 3 is 2.19 bits per heavy atom. The molecule has 1 heterocycles. The molecule has 4 aromatic rings. The lowest BCUT2D eigenvalue weighted by atomic mass is 9.85. The van der Waals surface area contributed by atoms with Crippen LogP contribution in [0.2, 0.25) is 0 Å². The van der Waals surface area contributed by atoms with E-state index < -0.39 is 17.5 Å². The lowest BCUT2D eigenvalue weighted by molar-refractivity contribution is -0.136. The van der Waals surface area contributed by atoms with E-state index in [0.29, 0.717) is 29.0 Å². The van der Waals surface area contributed by atoms with Crippen LogP contribution in [0.3, 0.4) is 0 Å². The number of amides is 1. The van der Waals surface area contributed by atoms with Crippen molar-refractivity contribution in [3.63, 3.8) is 0 Å². The van der Waals surface area contributed by atoms with E-state index in [2.05, 4.69) is 10.5 Å². The number of hydrazone groups is 1. The Kier molecular flexibility index (Phi) is 7.57. The van der Waals surface area contributed by atoms with Crippen LogP contribution in [0.15, 0.2) is 107 Å². The summed E-state index contributed by atoms with van der Waals surface area (Å²) in [5, 5.41) is 15.5. The van der Waals surface area contributed by atoms with E-state index in [9.17, 15) is 14.7 Å². The van der Waals surface area contributed by atoms with Gasteiger partial charge >= 0.3 is 5.97 Å². The van der Waals surface area contributed by atoms with Crippen LogP contribution in [0.4, 0.5) is 0 Å². The Balaban J connectivity index is 1.53. The van der Waals surface area contributed by atoms with Gasteiger partial charge in [0.2, 0.25) is 5.76 Å². The number of ether oxygens (including phenoxy) is 2. The zero-order chi connectivity index (χ0) is 25.4. The third-order valence-electron chi connectivity index (χ3n) is 5.28. The monoisotopic (exact) mass is 484 g/mol. The van der Waals surface area contributed by atoms with Gasteiger partial charge in [-0.05, 0) is 53.9 Å². The van der Waals surface area contributed by atoms with E-state index in [1.807, 2.05) is 0 Å². The lowest BCUT2D eigenvalue weighted by Gasteiger charge is -2.27. The number of aliphatic hydroxyl groups is 1. The molecule has 182 valence electrons. The molecule has 0 spiro atoms. The van der Waals surface area contributed by atoms with Gasteiger partial charge < -0.3 is 19.0 Å². The third kappa shape index (κ3) is 5.34. The summed E-state index contributed by atoms with van der Waals surface area (Å²) in [5.41, 5.74) is 1.87. The fourth-order valence-corrected chi connectivity index (χ4v) is 3.54. The Hall–Kier alpha value is -4.69. The van der Waals surface area contributed by atoms with Crippen molar-refractivity contribution in [2.75, 3.05) is 6.61 Å². The summed E-state index contributed by atoms with van der Waals surface area (Å²) in [6, 6.07) is 25.2. The Morgan fingerprint density at radius 1 is 0.944 bits per heavy atom. The second kappa shape index (κ2) is 11.2. The average molecular weight is 485 g/mol. The fourth-order valence-electron chi connectivity index (χ4n) is 3.54. The first-order valence-electron chi connectivity index (χ1n) is 11.2. The van der Waals surface area contributed by atoms with E-state index >= 15 is 0 Å². The summed E-state index contributed by atoms with van der Waals surface area (Å²) >= 11 is 0. The molecule has 36 heavy (non-hydrogen) atoms. The average Bonchev–Trinajstić information content (AvgIpc) is 3.46. The Labute approximate surface area is 207 Å². The maximum absolute atomic E-state index is 13.1. The van der Waals surface area contributed by atoms with Crippen LogP contribution in [0.25, 0.3) is 0 Å². The SMILES string of the molecule is CCOc1cc(/C=N\NC(=O)C(O)(c2ccccc2)c2ccccc2)ccc1OC(=O)c1ccco1. The second-order valence-electron chi connectivity index (χ2n) is 7.65.